The fraction of sp³-hybridized carbons (Fsp3) is 0.588. The van der Waals surface area contributed by atoms with Crippen LogP contribution in [0.5, 0.6) is 5.75 Å². The molecular formula is C17H26N2O3. The Balaban J connectivity index is 1.90. The summed E-state index contributed by atoms with van der Waals surface area (Å²) in [5.41, 5.74) is 2.30. The second kappa shape index (κ2) is 7.49. The van der Waals surface area contributed by atoms with E-state index in [9.17, 15) is 9.90 Å². The van der Waals surface area contributed by atoms with Gasteiger partial charge in [-0.05, 0) is 36.0 Å². The number of aliphatic hydroxyl groups is 1. The van der Waals surface area contributed by atoms with Gasteiger partial charge in [0, 0.05) is 6.54 Å². The van der Waals surface area contributed by atoms with E-state index in [1.807, 2.05) is 32.0 Å². The Morgan fingerprint density at radius 2 is 2.27 bits per heavy atom. The second-order valence-corrected chi connectivity index (χ2v) is 5.93. The minimum absolute atomic E-state index is 0.00541. The standard InChI is InChI=1S/C17H26N2O3/c1-4-11(2)15(20)10-18-17(21)19-14-9-8-13-12(14)6-5-7-16(13)22-3/h5-7,11,14-15,20H,4,8-10H2,1-3H3,(H2,18,19,21). The topological polar surface area (TPSA) is 70.6 Å². The number of amides is 2. The molecular weight excluding hydrogens is 280 g/mol. The molecule has 1 aromatic carbocycles. The third-order valence-electron chi connectivity index (χ3n) is 4.53. The quantitative estimate of drug-likeness (QED) is 0.756. The summed E-state index contributed by atoms with van der Waals surface area (Å²) < 4.78 is 5.37. The van der Waals surface area contributed by atoms with Crippen molar-refractivity contribution < 1.29 is 14.6 Å². The molecule has 2 amide bonds. The van der Waals surface area contributed by atoms with Crippen molar-refractivity contribution in [3.8, 4) is 5.75 Å². The van der Waals surface area contributed by atoms with E-state index in [0.29, 0.717) is 0 Å². The Kier molecular flexibility index (Phi) is 5.66. The molecule has 2 rings (SSSR count). The van der Waals surface area contributed by atoms with Crippen molar-refractivity contribution in [2.24, 2.45) is 5.92 Å². The van der Waals surface area contributed by atoms with Crippen molar-refractivity contribution >= 4 is 6.03 Å². The van der Waals surface area contributed by atoms with Crippen LogP contribution >= 0.6 is 0 Å². The lowest BCUT2D eigenvalue weighted by Crippen LogP contribution is -2.42. The third-order valence-corrected chi connectivity index (χ3v) is 4.53. The molecule has 1 aromatic rings. The maximum absolute atomic E-state index is 12.0. The fourth-order valence-corrected chi connectivity index (χ4v) is 2.84. The minimum Gasteiger partial charge on any atom is -0.496 e. The van der Waals surface area contributed by atoms with E-state index in [0.717, 1.165) is 30.6 Å². The summed E-state index contributed by atoms with van der Waals surface area (Å²) in [7, 11) is 1.67. The van der Waals surface area contributed by atoms with Crippen LogP contribution in [-0.2, 0) is 6.42 Å². The first kappa shape index (κ1) is 16.6. The molecule has 1 aliphatic rings. The van der Waals surface area contributed by atoms with Crippen LogP contribution in [0.15, 0.2) is 18.2 Å². The molecule has 3 N–H and O–H groups in total. The van der Waals surface area contributed by atoms with Crippen molar-refractivity contribution in [3.05, 3.63) is 29.3 Å². The zero-order valence-corrected chi connectivity index (χ0v) is 13.6. The lowest BCUT2D eigenvalue weighted by molar-refractivity contribution is 0.114. The van der Waals surface area contributed by atoms with Crippen LogP contribution in [0.4, 0.5) is 4.79 Å². The molecule has 3 atom stereocenters. The van der Waals surface area contributed by atoms with E-state index in [2.05, 4.69) is 10.6 Å². The Labute approximate surface area is 132 Å². The number of hydrogen-bond acceptors (Lipinski definition) is 3. The molecule has 0 spiro atoms. The number of carbonyl (C=O) groups is 1. The van der Waals surface area contributed by atoms with Crippen LogP contribution in [0, 0.1) is 5.92 Å². The fourth-order valence-electron chi connectivity index (χ4n) is 2.84. The number of carbonyl (C=O) groups excluding carboxylic acids is 1. The van der Waals surface area contributed by atoms with Crippen LogP contribution in [-0.4, -0.2) is 30.9 Å². The molecule has 5 heteroatoms. The van der Waals surface area contributed by atoms with Crippen molar-refractivity contribution in [1.82, 2.24) is 10.6 Å². The smallest absolute Gasteiger partial charge is 0.315 e. The Bertz CT molecular complexity index is 519. The molecule has 0 bridgehead atoms. The van der Waals surface area contributed by atoms with Gasteiger partial charge in [0.1, 0.15) is 5.75 Å². The van der Waals surface area contributed by atoms with Crippen molar-refractivity contribution in [2.75, 3.05) is 13.7 Å². The number of methoxy groups -OCH3 is 1. The number of nitrogens with one attached hydrogen (secondary N) is 2. The van der Waals surface area contributed by atoms with Gasteiger partial charge >= 0.3 is 6.03 Å². The van der Waals surface area contributed by atoms with Crippen LogP contribution in [0.1, 0.15) is 43.9 Å². The molecule has 0 heterocycles. The molecule has 5 nitrogen and oxygen atoms in total. The molecule has 0 aromatic heterocycles. The lowest BCUT2D eigenvalue weighted by atomic mass is 10.0. The molecule has 3 unspecified atom stereocenters. The van der Waals surface area contributed by atoms with Gasteiger partial charge in [-0.15, -0.1) is 0 Å². The molecule has 0 saturated carbocycles. The van der Waals surface area contributed by atoms with Gasteiger partial charge in [0.2, 0.25) is 0 Å². The first-order valence-corrected chi connectivity index (χ1v) is 7.95. The molecule has 0 radical (unpaired) electrons. The highest BCUT2D eigenvalue weighted by Crippen LogP contribution is 2.36. The Morgan fingerprint density at radius 3 is 2.95 bits per heavy atom. The van der Waals surface area contributed by atoms with Gasteiger partial charge in [-0.1, -0.05) is 32.4 Å². The van der Waals surface area contributed by atoms with E-state index in [-0.39, 0.29) is 24.5 Å². The van der Waals surface area contributed by atoms with Gasteiger partial charge in [0.25, 0.3) is 0 Å². The lowest BCUT2D eigenvalue weighted by Gasteiger charge is -2.19. The Morgan fingerprint density at radius 1 is 1.50 bits per heavy atom. The normalized spacial score (nSPS) is 19.2. The summed E-state index contributed by atoms with van der Waals surface area (Å²) in [4.78, 5) is 12.0. The number of hydrogen-bond donors (Lipinski definition) is 3. The predicted molar refractivity (Wildman–Crippen MR) is 86.1 cm³/mol. The second-order valence-electron chi connectivity index (χ2n) is 5.93. The van der Waals surface area contributed by atoms with Crippen LogP contribution in [0.3, 0.4) is 0 Å². The summed E-state index contributed by atoms with van der Waals surface area (Å²) >= 11 is 0. The van der Waals surface area contributed by atoms with Gasteiger partial charge in [-0.25, -0.2) is 4.79 Å². The largest absolute Gasteiger partial charge is 0.496 e. The molecule has 122 valence electrons. The van der Waals surface area contributed by atoms with E-state index >= 15 is 0 Å². The van der Waals surface area contributed by atoms with E-state index < -0.39 is 6.10 Å². The summed E-state index contributed by atoms with van der Waals surface area (Å²) in [6.45, 7) is 4.28. The van der Waals surface area contributed by atoms with Gasteiger partial charge in [0.15, 0.2) is 0 Å². The van der Waals surface area contributed by atoms with Gasteiger partial charge in [0.05, 0.1) is 19.3 Å². The highest BCUT2D eigenvalue weighted by Gasteiger charge is 2.26. The third kappa shape index (κ3) is 3.71. The average Bonchev–Trinajstić information content (AvgIpc) is 2.94. The zero-order chi connectivity index (χ0) is 16.1. The van der Waals surface area contributed by atoms with Crippen molar-refractivity contribution in [3.63, 3.8) is 0 Å². The molecule has 0 saturated heterocycles. The first-order chi connectivity index (χ1) is 10.6. The van der Waals surface area contributed by atoms with E-state index in [1.165, 1.54) is 5.56 Å². The first-order valence-electron chi connectivity index (χ1n) is 7.95. The highest BCUT2D eigenvalue weighted by molar-refractivity contribution is 5.74. The summed E-state index contributed by atoms with van der Waals surface area (Å²) in [6.07, 6.45) is 2.16. The summed E-state index contributed by atoms with van der Waals surface area (Å²) in [6, 6.07) is 5.70. The number of rotatable bonds is 6. The van der Waals surface area contributed by atoms with Gasteiger partial charge in [-0.3, -0.25) is 0 Å². The van der Waals surface area contributed by atoms with Gasteiger partial charge in [-0.2, -0.15) is 0 Å². The zero-order valence-electron chi connectivity index (χ0n) is 13.6. The number of fused-ring (bicyclic) bond motifs is 1. The minimum atomic E-state index is -0.508. The van der Waals surface area contributed by atoms with Crippen LogP contribution in [0.2, 0.25) is 0 Å². The number of ether oxygens (including phenoxy) is 1. The number of aliphatic hydroxyl groups excluding tert-OH is 1. The van der Waals surface area contributed by atoms with Crippen molar-refractivity contribution in [1.29, 1.82) is 0 Å². The predicted octanol–water partition coefficient (Wildman–Crippen LogP) is 2.39. The number of urea groups is 1. The maximum atomic E-state index is 12.0. The summed E-state index contributed by atoms with van der Waals surface area (Å²) in [5, 5.41) is 15.6. The summed E-state index contributed by atoms with van der Waals surface area (Å²) in [5.74, 6) is 1.06. The van der Waals surface area contributed by atoms with Crippen molar-refractivity contribution in [2.45, 2.75) is 45.3 Å². The van der Waals surface area contributed by atoms with Crippen LogP contribution in [0.25, 0.3) is 0 Å². The molecule has 1 aliphatic carbocycles. The average molecular weight is 306 g/mol. The molecule has 0 aliphatic heterocycles. The Hall–Kier alpha value is -1.75. The van der Waals surface area contributed by atoms with E-state index in [4.69, 9.17) is 4.74 Å². The highest BCUT2D eigenvalue weighted by atomic mass is 16.5. The van der Waals surface area contributed by atoms with E-state index in [1.54, 1.807) is 7.11 Å². The maximum Gasteiger partial charge on any atom is 0.315 e. The number of benzene rings is 1. The molecule has 22 heavy (non-hydrogen) atoms. The van der Waals surface area contributed by atoms with Crippen LogP contribution < -0.4 is 15.4 Å². The van der Waals surface area contributed by atoms with Gasteiger partial charge < -0.3 is 20.5 Å². The monoisotopic (exact) mass is 306 g/mol. The molecule has 0 fully saturated rings. The SMILES string of the molecule is CCC(C)C(O)CNC(=O)NC1CCc2c(OC)cccc21.